The van der Waals surface area contributed by atoms with Crippen LogP contribution >= 0.6 is 0 Å². The smallest absolute Gasteiger partial charge is 0.251 e. The summed E-state index contributed by atoms with van der Waals surface area (Å²) in [6, 6.07) is 0. The van der Waals surface area contributed by atoms with Gasteiger partial charge in [-0.25, -0.2) is 14.6 Å². The predicted molar refractivity (Wildman–Crippen MR) is 71.2 cm³/mol. The van der Waals surface area contributed by atoms with Crippen LogP contribution in [0.15, 0.2) is 18.7 Å². The molecule has 0 saturated heterocycles. The van der Waals surface area contributed by atoms with E-state index in [-0.39, 0.29) is 0 Å². The quantitative estimate of drug-likeness (QED) is 0.831. The Morgan fingerprint density at radius 2 is 2.26 bits per heavy atom. The standard InChI is InChI=1S/C12H16N6O/c1-3-4-14-11-8(2)12(16-7-15-11)18-6-9(5-17-18)10(13)19/h5-7H,3-4H2,1-2H3,(H2,13,19)(H,14,15,16). The van der Waals surface area contributed by atoms with Crippen molar-refractivity contribution in [2.75, 3.05) is 11.9 Å². The number of nitrogens with two attached hydrogens (primary N) is 1. The number of nitrogens with one attached hydrogen (secondary N) is 1. The fourth-order valence-corrected chi connectivity index (χ4v) is 1.66. The topological polar surface area (TPSA) is 98.7 Å². The predicted octanol–water partition coefficient (Wildman–Crippen LogP) is 0.892. The van der Waals surface area contributed by atoms with E-state index in [1.807, 2.05) is 6.92 Å². The molecule has 7 nitrogen and oxygen atoms in total. The van der Waals surface area contributed by atoms with E-state index in [0.29, 0.717) is 11.4 Å². The summed E-state index contributed by atoms with van der Waals surface area (Å²) < 4.78 is 1.52. The Kier molecular flexibility index (Phi) is 3.74. The third-order valence-corrected chi connectivity index (χ3v) is 2.68. The maximum absolute atomic E-state index is 11.1. The largest absolute Gasteiger partial charge is 0.370 e. The molecule has 0 unspecified atom stereocenters. The molecule has 3 N–H and O–H groups in total. The first-order valence-electron chi connectivity index (χ1n) is 6.03. The van der Waals surface area contributed by atoms with Crippen LogP contribution in [0.1, 0.15) is 29.3 Å². The second-order valence-electron chi connectivity index (χ2n) is 4.14. The van der Waals surface area contributed by atoms with Gasteiger partial charge in [0.15, 0.2) is 5.82 Å². The first-order chi connectivity index (χ1) is 9.13. The molecule has 2 rings (SSSR count). The van der Waals surface area contributed by atoms with E-state index in [1.54, 1.807) is 6.20 Å². The van der Waals surface area contributed by atoms with Gasteiger partial charge in [0.2, 0.25) is 0 Å². The van der Waals surface area contributed by atoms with Crippen LogP contribution in [-0.2, 0) is 0 Å². The molecule has 2 heterocycles. The van der Waals surface area contributed by atoms with Gasteiger partial charge in [-0.3, -0.25) is 4.79 Å². The van der Waals surface area contributed by atoms with Gasteiger partial charge in [0.1, 0.15) is 12.1 Å². The molecule has 0 saturated carbocycles. The average molecular weight is 260 g/mol. The van der Waals surface area contributed by atoms with Crippen LogP contribution in [0.3, 0.4) is 0 Å². The lowest BCUT2D eigenvalue weighted by atomic mass is 10.3. The lowest BCUT2D eigenvalue weighted by Crippen LogP contribution is -2.10. The van der Waals surface area contributed by atoms with E-state index in [9.17, 15) is 4.79 Å². The van der Waals surface area contributed by atoms with Crippen molar-refractivity contribution < 1.29 is 4.79 Å². The minimum absolute atomic E-state index is 0.348. The van der Waals surface area contributed by atoms with E-state index >= 15 is 0 Å². The highest BCUT2D eigenvalue weighted by Gasteiger charge is 2.11. The Balaban J connectivity index is 2.35. The molecule has 0 fully saturated rings. The molecule has 0 aliphatic carbocycles. The molecule has 0 bridgehead atoms. The highest BCUT2D eigenvalue weighted by Crippen LogP contribution is 2.17. The third kappa shape index (κ3) is 2.70. The lowest BCUT2D eigenvalue weighted by molar-refractivity contribution is 0.100. The molecule has 2 aromatic heterocycles. The number of carbonyl (C=O) groups excluding carboxylic acids is 1. The van der Waals surface area contributed by atoms with Gasteiger partial charge in [-0.05, 0) is 13.3 Å². The number of nitrogens with zero attached hydrogens (tertiary/aromatic N) is 4. The van der Waals surface area contributed by atoms with E-state index in [0.717, 1.165) is 24.3 Å². The molecule has 0 aliphatic rings. The number of carbonyl (C=O) groups is 1. The monoisotopic (exact) mass is 260 g/mol. The summed E-state index contributed by atoms with van der Waals surface area (Å²) in [5.41, 5.74) is 6.42. The fraction of sp³-hybridized carbons (Fsp3) is 0.333. The van der Waals surface area contributed by atoms with Gasteiger partial charge in [-0.15, -0.1) is 0 Å². The Labute approximate surface area is 110 Å². The summed E-state index contributed by atoms with van der Waals surface area (Å²) in [6.07, 6.45) is 5.45. The number of aromatic nitrogens is 4. The van der Waals surface area contributed by atoms with Crippen LogP contribution in [-0.4, -0.2) is 32.2 Å². The van der Waals surface area contributed by atoms with Crippen molar-refractivity contribution in [2.45, 2.75) is 20.3 Å². The van der Waals surface area contributed by atoms with Crippen LogP contribution in [0, 0.1) is 6.92 Å². The molecule has 0 atom stereocenters. The molecule has 0 aliphatic heterocycles. The van der Waals surface area contributed by atoms with Gasteiger partial charge in [0.25, 0.3) is 5.91 Å². The van der Waals surface area contributed by atoms with Crippen molar-refractivity contribution in [1.29, 1.82) is 0 Å². The summed E-state index contributed by atoms with van der Waals surface area (Å²) in [5.74, 6) is 0.881. The summed E-state index contributed by atoms with van der Waals surface area (Å²) in [6.45, 7) is 4.82. The van der Waals surface area contributed by atoms with Crippen molar-refractivity contribution >= 4 is 11.7 Å². The lowest BCUT2D eigenvalue weighted by Gasteiger charge is -2.10. The zero-order valence-corrected chi connectivity index (χ0v) is 10.9. The molecule has 0 spiro atoms. The highest BCUT2D eigenvalue weighted by atomic mass is 16.1. The summed E-state index contributed by atoms with van der Waals surface area (Å²) in [5, 5.41) is 7.31. The normalized spacial score (nSPS) is 10.4. The van der Waals surface area contributed by atoms with Crippen molar-refractivity contribution in [3.63, 3.8) is 0 Å². The molecule has 100 valence electrons. The van der Waals surface area contributed by atoms with E-state index in [2.05, 4.69) is 27.3 Å². The van der Waals surface area contributed by atoms with Gasteiger partial charge in [-0.1, -0.05) is 6.92 Å². The fourth-order valence-electron chi connectivity index (χ4n) is 1.66. The van der Waals surface area contributed by atoms with Gasteiger partial charge in [0.05, 0.1) is 11.8 Å². The van der Waals surface area contributed by atoms with Crippen molar-refractivity contribution in [1.82, 2.24) is 19.7 Å². The van der Waals surface area contributed by atoms with Crippen LogP contribution in [0.2, 0.25) is 0 Å². The van der Waals surface area contributed by atoms with Gasteiger partial charge < -0.3 is 11.1 Å². The van der Waals surface area contributed by atoms with Crippen LogP contribution in [0.5, 0.6) is 0 Å². The SMILES string of the molecule is CCCNc1ncnc(-n2cc(C(N)=O)cn2)c1C. The Morgan fingerprint density at radius 3 is 2.89 bits per heavy atom. The zero-order chi connectivity index (χ0) is 13.8. The third-order valence-electron chi connectivity index (χ3n) is 2.68. The van der Waals surface area contributed by atoms with E-state index in [1.165, 1.54) is 17.2 Å². The van der Waals surface area contributed by atoms with E-state index in [4.69, 9.17) is 5.73 Å². The first-order valence-corrected chi connectivity index (χ1v) is 6.03. The van der Waals surface area contributed by atoms with Crippen molar-refractivity contribution in [3.05, 3.63) is 29.8 Å². The van der Waals surface area contributed by atoms with Gasteiger partial charge >= 0.3 is 0 Å². The molecule has 19 heavy (non-hydrogen) atoms. The molecule has 1 amide bonds. The first kappa shape index (κ1) is 13.0. The molecule has 0 aromatic carbocycles. The minimum Gasteiger partial charge on any atom is -0.370 e. The van der Waals surface area contributed by atoms with E-state index < -0.39 is 5.91 Å². The molecule has 0 radical (unpaired) electrons. The number of hydrogen-bond donors (Lipinski definition) is 2. The number of amides is 1. The second kappa shape index (κ2) is 5.47. The number of rotatable bonds is 5. The van der Waals surface area contributed by atoms with Crippen LogP contribution < -0.4 is 11.1 Å². The molecular formula is C12H16N6O. The minimum atomic E-state index is -0.512. The Hall–Kier alpha value is -2.44. The molecule has 2 aromatic rings. The van der Waals surface area contributed by atoms with Gasteiger partial charge in [0, 0.05) is 18.3 Å². The summed E-state index contributed by atoms with van der Waals surface area (Å²) in [4.78, 5) is 19.4. The van der Waals surface area contributed by atoms with Gasteiger partial charge in [-0.2, -0.15) is 5.10 Å². The van der Waals surface area contributed by atoms with Crippen LogP contribution in [0.4, 0.5) is 5.82 Å². The molecule has 7 heteroatoms. The maximum Gasteiger partial charge on any atom is 0.251 e. The van der Waals surface area contributed by atoms with Crippen molar-refractivity contribution in [2.24, 2.45) is 5.73 Å². The zero-order valence-electron chi connectivity index (χ0n) is 10.9. The number of primary amides is 1. The maximum atomic E-state index is 11.1. The summed E-state index contributed by atoms with van der Waals surface area (Å²) >= 11 is 0. The highest BCUT2D eigenvalue weighted by molar-refractivity contribution is 5.92. The Bertz CT molecular complexity index is 592. The van der Waals surface area contributed by atoms with Crippen LogP contribution in [0.25, 0.3) is 5.82 Å². The number of anilines is 1. The van der Waals surface area contributed by atoms with Crippen molar-refractivity contribution in [3.8, 4) is 5.82 Å². The average Bonchev–Trinajstić information content (AvgIpc) is 2.87. The second-order valence-corrected chi connectivity index (χ2v) is 4.14. The Morgan fingerprint density at radius 1 is 1.47 bits per heavy atom. The number of hydrogen-bond acceptors (Lipinski definition) is 5. The summed E-state index contributed by atoms with van der Waals surface area (Å²) in [7, 11) is 0. The molecular weight excluding hydrogens is 244 g/mol.